The molecule has 6 nitrogen and oxygen atoms in total. The van der Waals surface area contributed by atoms with Gasteiger partial charge in [0.05, 0.1) is 19.1 Å². The molecule has 3 saturated heterocycles. The molecule has 0 N–H and O–H groups in total. The zero-order valence-electron chi connectivity index (χ0n) is 13.5. The lowest BCUT2D eigenvalue weighted by atomic mass is 10.0. The molecular formula is C18H21N3O3. The van der Waals surface area contributed by atoms with Crippen molar-refractivity contribution < 1.29 is 14.3 Å². The van der Waals surface area contributed by atoms with Gasteiger partial charge in [-0.15, -0.1) is 0 Å². The number of hydrogen-bond donors (Lipinski definition) is 0. The van der Waals surface area contributed by atoms with Gasteiger partial charge in [-0.3, -0.25) is 14.6 Å². The summed E-state index contributed by atoms with van der Waals surface area (Å²) in [7, 11) is 0. The van der Waals surface area contributed by atoms with Crippen molar-refractivity contribution in [1.82, 2.24) is 14.8 Å². The highest BCUT2D eigenvalue weighted by atomic mass is 16.5. The first-order valence-corrected chi connectivity index (χ1v) is 8.76. The molecule has 0 spiro atoms. The van der Waals surface area contributed by atoms with E-state index in [4.69, 9.17) is 4.74 Å². The SMILES string of the molecule is O=C(C1[C@H]2COC[C@@H]12)N1C[C@H]2CN(Cc3ccncc3)C(=O)[C@H]2C1. The number of rotatable bonds is 3. The van der Waals surface area contributed by atoms with Gasteiger partial charge >= 0.3 is 0 Å². The second-order valence-electron chi connectivity index (χ2n) is 7.57. The molecule has 0 bridgehead atoms. The molecule has 0 radical (unpaired) electrons. The van der Waals surface area contributed by atoms with E-state index in [1.165, 1.54) is 0 Å². The average Bonchev–Trinajstić information content (AvgIpc) is 2.96. The summed E-state index contributed by atoms with van der Waals surface area (Å²) in [6.45, 7) is 4.22. The minimum Gasteiger partial charge on any atom is -0.381 e. The van der Waals surface area contributed by atoms with Crippen LogP contribution < -0.4 is 0 Å². The lowest BCUT2D eigenvalue weighted by Crippen LogP contribution is -2.37. The Bertz CT molecular complexity index is 669. The fourth-order valence-electron chi connectivity index (χ4n) is 4.79. The predicted molar refractivity (Wildman–Crippen MR) is 84.5 cm³/mol. The van der Waals surface area contributed by atoms with E-state index in [1.54, 1.807) is 12.4 Å². The highest BCUT2D eigenvalue weighted by Crippen LogP contribution is 2.52. The van der Waals surface area contributed by atoms with Crippen molar-refractivity contribution >= 4 is 11.8 Å². The average molecular weight is 327 g/mol. The van der Waals surface area contributed by atoms with E-state index in [2.05, 4.69) is 4.98 Å². The van der Waals surface area contributed by atoms with Gasteiger partial charge in [-0.1, -0.05) is 0 Å². The van der Waals surface area contributed by atoms with Crippen LogP contribution in [0.25, 0.3) is 0 Å². The fourth-order valence-corrected chi connectivity index (χ4v) is 4.79. The van der Waals surface area contributed by atoms with Crippen molar-refractivity contribution in [3.05, 3.63) is 30.1 Å². The summed E-state index contributed by atoms with van der Waals surface area (Å²) in [6, 6.07) is 3.90. The van der Waals surface area contributed by atoms with Gasteiger partial charge in [-0.2, -0.15) is 0 Å². The maximum Gasteiger partial charge on any atom is 0.228 e. The highest BCUT2D eigenvalue weighted by Gasteiger charge is 2.60. The number of carbonyl (C=O) groups excluding carboxylic acids is 2. The number of carbonyl (C=O) groups is 2. The van der Waals surface area contributed by atoms with Crippen LogP contribution >= 0.6 is 0 Å². The van der Waals surface area contributed by atoms with Crippen molar-refractivity contribution in [2.45, 2.75) is 6.54 Å². The van der Waals surface area contributed by atoms with Gasteiger partial charge in [0, 0.05) is 50.4 Å². The third-order valence-electron chi connectivity index (χ3n) is 6.20. The molecule has 1 aromatic rings. The maximum atomic E-state index is 12.7. The molecule has 5 rings (SSSR count). The van der Waals surface area contributed by atoms with E-state index < -0.39 is 0 Å². The van der Waals surface area contributed by atoms with Gasteiger partial charge in [0.1, 0.15) is 0 Å². The first-order valence-electron chi connectivity index (χ1n) is 8.76. The second-order valence-corrected chi connectivity index (χ2v) is 7.57. The maximum absolute atomic E-state index is 12.7. The smallest absolute Gasteiger partial charge is 0.228 e. The zero-order valence-corrected chi connectivity index (χ0v) is 13.5. The van der Waals surface area contributed by atoms with E-state index in [-0.39, 0.29) is 29.6 Å². The van der Waals surface area contributed by atoms with Gasteiger partial charge < -0.3 is 14.5 Å². The molecule has 5 atom stereocenters. The third kappa shape index (κ3) is 2.16. The summed E-state index contributed by atoms with van der Waals surface area (Å²) in [5, 5.41) is 0. The van der Waals surface area contributed by atoms with Crippen LogP contribution in [0.3, 0.4) is 0 Å². The minimum absolute atomic E-state index is 0.00868. The largest absolute Gasteiger partial charge is 0.381 e. The number of hydrogen-bond acceptors (Lipinski definition) is 4. The Kier molecular flexibility index (Phi) is 3.16. The lowest BCUT2D eigenvalue weighted by molar-refractivity contribution is -0.135. The summed E-state index contributed by atoms with van der Waals surface area (Å²) in [5.41, 5.74) is 1.11. The van der Waals surface area contributed by atoms with E-state index in [1.807, 2.05) is 21.9 Å². The van der Waals surface area contributed by atoms with Crippen molar-refractivity contribution in [3.63, 3.8) is 0 Å². The van der Waals surface area contributed by atoms with Crippen molar-refractivity contribution in [1.29, 1.82) is 0 Å². The number of likely N-dealkylation sites (tertiary alicyclic amines) is 2. The zero-order chi connectivity index (χ0) is 16.3. The Balaban J connectivity index is 1.22. The molecule has 3 aliphatic heterocycles. The number of ether oxygens (including phenoxy) is 1. The molecular weight excluding hydrogens is 306 g/mol. The standard InChI is InChI=1S/C18H21N3O3/c22-17-13-8-21(18(23)16-14-9-24-10-15(14)16)7-12(13)6-20(17)5-11-1-3-19-4-2-11/h1-4,12-16H,5-10H2/t12-,13+,14-,15+,16?/m1/s1. The number of pyridine rings is 1. The van der Waals surface area contributed by atoms with Crippen molar-refractivity contribution in [2.75, 3.05) is 32.8 Å². The Morgan fingerprint density at radius 1 is 1.17 bits per heavy atom. The predicted octanol–water partition coefficient (Wildman–Crippen LogP) is 0.391. The Morgan fingerprint density at radius 2 is 1.92 bits per heavy atom. The Labute approximate surface area is 140 Å². The molecule has 126 valence electrons. The van der Waals surface area contributed by atoms with Gasteiger partial charge in [-0.05, 0) is 29.5 Å². The topological polar surface area (TPSA) is 62.7 Å². The molecule has 1 aliphatic carbocycles. The molecule has 4 heterocycles. The summed E-state index contributed by atoms with van der Waals surface area (Å²) in [5.74, 6) is 1.79. The number of fused-ring (bicyclic) bond motifs is 2. The number of aromatic nitrogens is 1. The Morgan fingerprint density at radius 3 is 2.62 bits per heavy atom. The summed E-state index contributed by atoms with van der Waals surface area (Å²) in [6.07, 6.45) is 3.51. The van der Waals surface area contributed by atoms with Gasteiger partial charge in [0.25, 0.3) is 0 Å². The quantitative estimate of drug-likeness (QED) is 0.806. The van der Waals surface area contributed by atoms with Crippen LogP contribution in [-0.4, -0.2) is 59.4 Å². The van der Waals surface area contributed by atoms with Crippen LogP contribution in [-0.2, 0) is 20.9 Å². The van der Waals surface area contributed by atoms with E-state index in [9.17, 15) is 9.59 Å². The van der Waals surface area contributed by atoms with E-state index >= 15 is 0 Å². The first kappa shape index (κ1) is 14.4. The molecule has 1 unspecified atom stereocenters. The van der Waals surface area contributed by atoms with Crippen LogP contribution in [0.4, 0.5) is 0 Å². The second kappa shape index (κ2) is 5.28. The van der Waals surface area contributed by atoms with Crippen LogP contribution in [0, 0.1) is 29.6 Å². The molecule has 1 saturated carbocycles. The van der Waals surface area contributed by atoms with Crippen LogP contribution in [0.5, 0.6) is 0 Å². The van der Waals surface area contributed by atoms with Crippen LogP contribution in [0.1, 0.15) is 5.56 Å². The van der Waals surface area contributed by atoms with Crippen molar-refractivity contribution in [3.8, 4) is 0 Å². The monoisotopic (exact) mass is 327 g/mol. The Hall–Kier alpha value is -1.95. The molecule has 6 heteroatoms. The number of amides is 2. The van der Waals surface area contributed by atoms with E-state index in [0.29, 0.717) is 24.9 Å². The fraction of sp³-hybridized carbons (Fsp3) is 0.611. The van der Waals surface area contributed by atoms with Crippen molar-refractivity contribution in [2.24, 2.45) is 29.6 Å². The summed E-state index contributed by atoms with van der Waals surface area (Å²) >= 11 is 0. The molecule has 2 amide bonds. The third-order valence-corrected chi connectivity index (χ3v) is 6.20. The van der Waals surface area contributed by atoms with Crippen LogP contribution in [0.15, 0.2) is 24.5 Å². The number of nitrogens with zero attached hydrogens (tertiary/aromatic N) is 3. The minimum atomic E-state index is -0.00868. The molecule has 1 aromatic heterocycles. The van der Waals surface area contributed by atoms with Gasteiger partial charge in [0.15, 0.2) is 0 Å². The van der Waals surface area contributed by atoms with Gasteiger partial charge in [0.2, 0.25) is 11.8 Å². The highest BCUT2D eigenvalue weighted by molar-refractivity contribution is 5.86. The molecule has 4 aliphatic rings. The van der Waals surface area contributed by atoms with Crippen LogP contribution in [0.2, 0.25) is 0 Å². The molecule has 24 heavy (non-hydrogen) atoms. The van der Waals surface area contributed by atoms with Gasteiger partial charge in [-0.25, -0.2) is 0 Å². The molecule has 4 fully saturated rings. The summed E-state index contributed by atoms with van der Waals surface area (Å²) < 4.78 is 5.38. The first-order chi connectivity index (χ1) is 11.7. The normalized spacial score (nSPS) is 36.8. The lowest BCUT2D eigenvalue weighted by Gasteiger charge is -2.22. The van der Waals surface area contributed by atoms with E-state index in [0.717, 1.165) is 31.9 Å². The summed E-state index contributed by atoms with van der Waals surface area (Å²) in [4.78, 5) is 33.3. The molecule has 0 aromatic carbocycles.